The lowest BCUT2D eigenvalue weighted by Crippen LogP contribution is -2.39. The molecule has 31 heavy (non-hydrogen) atoms. The third kappa shape index (κ3) is 4.84. The van der Waals surface area contributed by atoms with Crippen LogP contribution in [0.4, 0.5) is 5.82 Å². The van der Waals surface area contributed by atoms with Gasteiger partial charge in [0.25, 0.3) is 5.91 Å². The topological polar surface area (TPSA) is 95.9 Å². The van der Waals surface area contributed by atoms with Gasteiger partial charge in [0, 0.05) is 31.1 Å². The molecule has 3 heterocycles. The summed E-state index contributed by atoms with van der Waals surface area (Å²) >= 11 is 0. The van der Waals surface area contributed by atoms with E-state index in [9.17, 15) is 9.59 Å². The number of carbonyl (C=O) groups excluding carboxylic acids is 2. The summed E-state index contributed by atoms with van der Waals surface area (Å²) in [5.74, 6) is 0.976. The van der Waals surface area contributed by atoms with Gasteiger partial charge in [0.15, 0.2) is 0 Å². The summed E-state index contributed by atoms with van der Waals surface area (Å²) in [5, 5.41) is 14.6. The van der Waals surface area contributed by atoms with Crippen LogP contribution in [-0.4, -0.2) is 49.8 Å². The molecule has 0 radical (unpaired) electrons. The number of nitrogens with one attached hydrogen (secondary N) is 2. The number of aromatic nitrogens is 4. The zero-order valence-corrected chi connectivity index (χ0v) is 17.9. The van der Waals surface area contributed by atoms with Gasteiger partial charge in [-0.25, -0.2) is 4.68 Å². The molecule has 0 aliphatic carbocycles. The maximum Gasteiger partial charge on any atom is 0.271 e. The van der Waals surface area contributed by atoms with Crippen molar-refractivity contribution in [2.45, 2.75) is 39.2 Å². The predicted octanol–water partition coefficient (Wildman–Crippen LogP) is 3.74. The lowest BCUT2D eigenvalue weighted by molar-refractivity contribution is -0.116. The minimum atomic E-state index is -0.0425. The molecule has 2 aromatic heterocycles. The van der Waals surface area contributed by atoms with Crippen LogP contribution in [-0.2, 0) is 4.79 Å². The van der Waals surface area contributed by atoms with Gasteiger partial charge in [-0.05, 0) is 24.8 Å². The van der Waals surface area contributed by atoms with Crippen LogP contribution in [0.5, 0.6) is 0 Å². The van der Waals surface area contributed by atoms with Gasteiger partial charge >= 0.3 is 0 Å². The molecule has 1 aliphatic heterocycles. The van der Waals surface area contributed by atoms with Crippen molar-refractivity contribution in [1.29, 1.82) is 0 Å². The maximum atomic E-state index is 12.9. The molecule has 1 aromatic carbocycles. The van der Waals surface area contributed by atoms with E-state index in [1.807, 2.05) is 59.8 Å². The van der Waals surface area contributed by atoms with Crippen LogP contribution in [0.25, 0.3) is 11.3 Å². The van der Waals surface area contributed by atoms with E-state index in [1.165, 1.54) is 0 Å². The normalized spacial score (nSPS) is 14.7. The molecule has 0 saturated carbocycles. The fourth-order valence-corrected chi connectivity index (χ4v) is 3.94. The van der Waals surface area contributed by atoms with Gasteiger partial charge < -0.3 is 10.2 Å². The number of benzene rings is 1. The molecule has 2 amide bonds. The monoisotopic (exact) mass is 420 g/mol. The van der Waals surface area contributed by atoms with Crippen LogP contribution in [0.2, 0.25) is 0 Å². The third-order valence-corrected chi connectivity index (χ3v) is 5.51. The van der Waals surface area contributed by atoms with Gasteiger partial charge in [-0.2, -0.15) is 10.2 Å². The molecule has 8 nitrogen and oxygen atoms in total. The lowest BCUT2D eigenvalue weighted by atomic mass is 10.0. The highest BCUT2D eigenvalue weighted by Crippen LogP contribution is 2.27. The summed E-state index contributed by atoms with van der Waals surface area (Å²) in [6.45, 7) is 5.29. The van der Waals surface area contributed by atoms with Crippen molar-refractivity contribution in [3.63, 3.8) is 0 Å². The molecule has 3 aromatic rings. The van der Waals surface area contributed by atoms with Crippen LogP contribution in [0.1, 0.15) is 49.6 Å². The second-order valence-electron chi connectivity index (χ2n) is 8.36. The molecular weight excluding hydrogens is 392 g/mol. The average molecular weight is 421 g/mol. The highest BCUT2D eigenvalue weighted by molar-refractivity contribution is 5.93. The molecule has 1 saturated heterocycles. The van der Waals surface area contributed by atoms with Gasteiger partial charge in [-0.1, -0.05) is 44.2 Å². The maximum absolute atomic E-state index is 12.9. The Morgan fingerprint density at radius 3 is 2.61 bits per heavy atom. The number of anilines is 1. The van der Waals surface area contributed by atoms with Crippen LogP contribution in [0.3, 0.4) is 0 Å². The first-order valence-electron chi connectivity index (χ1n) is 10.7. The smallest absolute Gasteiger partial charge is 0.271 e. The first kappa shape index (κ1) is 20.8. The number of hydrogen-bond acceptors (Lipinski definition) is 4. The number of amides is 2. The number of aromatic amines is 1. The second-order valence-corrected chi connectivity index (χ2v) is 8.36. The number of rotatable bonds is 6. The molecular formula is C23H28N6O2. The van der Waals surface area contributed by atoms with Crippen molar-refractivity contribution < 1.29 is 9.59 Å². The Hall–Kier alpha value is -3.42. The zero-order chi connectivity index (χ0) is 21.8. The van der Waals surface area contributed by atoms with Crippen molar-refractivity contribution in [2.24, 2.45) is 5.92 Å². The van der Waals surface area contributed by atoms with E-state index in [0.717, 1.165) is 29.9 Å². The van der Waals surface area contributed by atoms with Crippen molar-refractivity contribution in [3.05, 3.63) is 54.4 Å². The fraction of sp³-hybridized carbons (Fsp3) is 0.391. The Bertz CT molecular complexity index is 1030. The summed E-state index contributed by atoms with van der Waals surface area (Å²) in [4.78, 5) is 26.9. The van der Waals surface area contributed by atoms with E-state index in [1.54, 1.807) is 12.3 Å². The van der Waals surface area contributed by atoms with Gasteiger partial charge in [-0.15, -0.1) is 0 Å². The Labute approximate surface area is 181 Å². The SMILES string of the molecule is CC(C)CC(=O)Nc1ccnn1C1CCN(C(=O)c2cc(-c3ccccc3)n[nH]2)CC1. The molecule has 0 bridgehead atoms. The first-order chi connectivity index (χ1) is 15.0. The molecule has 162 valence electrons. The van der Waals surface area contributed by atoms with E-state index in [-0.39, 0.29) is 17.9 Å². The van der Waals surface area contributed by atoms with Crippen molar-refractivity contribution >= 4 is 17.6 Å². The van der Waals surface area contributed by atoms with E-state index < -0.39 is 0 Å². The van der Waals surface area contributed by atoms with E-state index in [2.05, 4.69) is 20.6 Å². The number of piperidine rings is 1. The molecule has 0 atom stereocenters. The average Bonchev–Trinajstić information content (AvgIpc) is 3.43. The number of carbonyl (C=O) groups is 2. The van der Waals surface area contributed by atoms with Crippen LogP contribution < -0.4 is 5.32 Å². The van der Waals surface area contributed by atoms with Crippen molar-refractivity contribution in [2.75, 3.05) is 18.4 Å². The molecule has 0 unspecified atom stereocenters. The number of likely N-dealkylation sites (tertiary alicyclic amines) is 1. The largest absolute Gasteiger partial charge is 0.337 e. The minimum absolute atomic E-state index is 0.00201. The number of hydrogen-bond donors (Lipinski definition) is 2. The standard InChI is InChI=1S/C23H28N6O2/c1-16(2)14-22(30)25-21-8-11-24-29(21)18-9-12-28(13-10-18)23(31)20-15-19(26-27-20)17-6-4-3-5-7-17/h3-8,11,15-16,18H,9-10,12-14H2,1-2H3,(H,25,30)(H,26,27). The molecule has 1 aliphatic rings. The third-order valence-electron chi connectivity index (χ3n) is 5.51. The summed E-state index contributed by atoms with van der Waals surface area (Å²) in [5.41, 5.74) is 2.23. The molecule has 1 fully saturated rings. The van der Waals surface area contributed by atoms with Crippen molar-refractivity contribution in [3.8, 4) is 11.3 Å². The molecule has 0 spiro atoms. The highest BCUT2D eigenvalue weighted by atomic mass is 16.2. The lowest BCUT2D eigenvalue weighted by Gasteiger charge is -2.32. The summed E-state index contributed by atoms with van der Waals surface area (Å²) in [7, 11) is 0. The highest BCUT2D eigenvalue weighted by Gasteiger charge is 2.27. The van der Waals surface area contributed by atoms with Crippen LogP contribution in [0, 0.1) is 5.92 Å². The van der Waals surface area contributed by atoms with E-state index >= 15 is 0 Å². The second kappa shape index (κ2) is 9.16. The van der Waals surface area contributed by atoms with E-state index in [4.69, 9.17) is 0 Å². The predicted molar refractivity (Wildman–Crippen MR) is 119 cm³/mol. The molecule has 2 N–H and O–H groups in total. The first-order valence-corrected chi connectivity index (χ1v) is 10.7. The Kier molecular flexibility index (Phi) is 6.16. The molecule has 4 rings (SSSR count). The van der Waals surface area contributed by atoms with Gasteiger partial charge in [0.05, 0.1) is 17.9 Å². The van der Waals surface area contributed by atoms with E-state index in [0.29, 0.717) is 31.1 Å². The minimum Gasteiger partial charge on any atom is -0.337 e. The van der Waals surface area contributed by atoms with Gasteiger partial charge in [-0.3, -0.25) is 14.7 Å². The Morgan fingerprint density at radius 2 is 1.90 bits per heavy atom. The molecule has 8 heteroatoms. The summed E-state index contributed by atoms with van der Waals surface area (Å²) in [6.07, 6.45) is 3.74. The van der Waals surface area contributed by atoms with Gasteiger partial charge in [0.2, 0.25) is 5.91 Å². The Morgan fingerprint density at radius 1 is 1.16 bits per heavy atom. The van der Waals surface area contributed by atoms with Crippen LogP contribution >= 0.6 is 0 Å². The summed E-state index contributed by atoms with van der Waals surface area (Å²) in [6, 6.07) is 13.6. The van der Waals surface area contributed by atoms with Crippen LogP contribution in [0.15, 0.2) is 48.7 Å². The zero-order valence-electron chi connectivity index (χ0n) is 17.9. The Balaban J connectivity index is 1.36. The van der Waals surface area contributed by atoms with Crippen molar-refractivity contribution in [1.82, 2.24) is 24.9 Å². The number of nitrogens with zero attached hydrogens (tertiary/aromatic N) is 4. The summed E-state index contributed by atoms with van der Waals surface area (Å²) < 4.78 is 1.88. The van der Waals surface area contributed by atoms with Gasteiger partial charge in [0.1, 0.15) is 11.5 Å². The fourth-order valence-electron chi connectivity index (χ4n) is 3.94. The quantitative estimate of drug-likeness (QED) is 0.635. The number of H-pyrrole nitrogens is 1.